The molecule has 0 amide bonds. The second kappa shape index (κ2) is 5.21. The molecule has 3 aromatic rings. The molecule has 0 fully saturated rings. The minimum atomic E-state index is -0.500. The van der Waals surface area contributed by atoms with Crippen LogP contribution >= 0.6 is 34.2 Å². The Balaban J connectivity index is 2.10. The fraction of sp³-hybridized carbons (Fsp3) is 0.0714. The van der Waals surface area contributed by atoms with Crippen molar-refractivity contribution in [2.75, 3.05) is 0 Å². The van der Waals surface area contributed by atoms with E-state index in [4.69, 9.17) is 16.0 Å². The standard InChI is InChI=1S/C14H8ClFINO2/c15-10-3-1-8(5-11(10)16)7-18-12-6-9(17)2-4-13(12)20-14(18)19/h1-6H,7H2. The predicted molar refractivity (Wildman–Crippen MR) is 83.7 cm³/mol. The number of aromatic nitrogens is 1. The van der Waals surface area contributed by atoms with Crippen LogP contribution in [0.5, 0.6) is 0 Å². The third kappa shape index (κ3) is 2.47. The number of rotatable bonds is 2. The van der Waals surface area contributed by atoms with Crippen LogP contribution in [0.4, 0.5) is 4.39 Å². The quantitative estimate of drug-likeness (QED) is 0.606. The van der Waals surface area contributed by atoms with Crippen molar-refractivity contribution in [2.24, 2.45) is 0 Å². The van der Waals surface area contributed by atoms with Gasteiger partial charge in [-0.1, -0.05) is 17.7 Å². The summed E-state index contributed by atoms with van der Waals surface area (Å²) in [6, 6.07) is 9.94. The molecule has 0 radical (unpaired) electrons. The Morgan fingerprint density at radius 3 is 2.80 bits per heavy atom. The lowest BCUT2D eigenvalue weighted by atomic mass is 10.2. The Morgan fingerprint density at radius 2 is 2.05 bits per heavy atom. The van der Waals surface area contributed by atoms with Crippen LogP contribution in [0.3, 0.4) is 0 Å². The Kier molecular flexibility index (Phi) is 3.55. The number of oxazole rings is 1. The van der Waals surface area contributed by atoms with Gasteiger partial charge in [-0.25, -0.2) is 9.18 Å². The molecule has 3 nitrogen and oxygen atoms in total. The molecule has 20 heavy (non-hydrogen) atoms. The molecule has 3 rings (SSSR count). The lowest BCUT2D eigenvalue weighted by molar-refractivity contribution is 0.517. The maximum Gasteiger partial charge on any atom is 0.420 e. The predicted octanol–water partition coefficient (Wildman–Crippen LogP) is 4.04. The van der Waals surface area contributed by atoms with Crippen molar-refractivity contribution in [3.63, 3.8) is 0 Å². The number of nitrogens with zero attached hydrogens (tertiary/aromatic N) is 1. The highest BCUT2D eigenvalue weighted by Gasteiger charge is 2.11. The second-order valence-electron chi connectivity index (χ2n) is 4.31. The number of benzene rings is 2. The van der Waals surface area contributed by atoms with E-state index in [2.05, 4.69) is 22.6 Å². The van der Waals surface area contributed by atoms with Gasteiger partial charge in [0.05, 0.1) is 17.1 Å². The highest BCUT2D eigenvalue weighted by atomic mass is 127. The summed E-state index contributed by atoms with van der Waals surface area (Å²) in [6.07, 6.45) is 0. The molecule has 6 heteroatoms. The third-order valence-electron chi connectivity index (χ3n) is 2.95. The van der Waals surface area contributed by atoms with Crippen LogP contribution in [0.2, 0.25) is 5.02 Å². The zero-order valence-electron chi connectivity index (χ0n) is 10.1. The molecule has 0 saturated heterocycles. The first-order valence-corrected chi connectivity index (χ1v) is 7.23. The zero-order valence-corrected chi connectivity index (χ0v) is 13.0. The van der Waals surface area contributed by atoms with E-state index in [0.29, 0.717) is 16.7 Å². The molecule has 2 aromatic carbocycles. The first kappa shape index (κ1) is 13.6. The van der Waals surface area contributed by atoms with Crippen molar-refractivity contribution in [1.29, 1.82) is 0 Å². The highest BCUT2D eigenvalue weighted by Crippen LogP contribution is 2.19. The lowest BCUT2D eigenvalue weighted by Gasteiger charge is -2.04. The average Bonchev–Trinajstić information content (AvgIpc) is 2.70. The van der Waals surface area contributed by atoms with Gasteiger partial charge in [0.1, 0.15) is 5.82 Å². The summed E-state index contributed by atoms with van der Waals surface area (Å²) >= 11 is 7.81. The van der Waals surface area contributed by atoms with E-state index in [1.54, 1.807) is 12.1 Å². The largest absolute Gasteiger partial charge is 0.420 e. The van der Waals surface area contributed by atoms with Crippen LogP contribution in [0.1, 0.15) is 5.56 Å². The van der Waals surface area contributed by atoms with Crippen LogP contribution in [0.15, 0.2) is 45.6 Å². The van der Waals surface area contributed by atoms with Gasteiger partial charge < -0.3 is 4.42 Å². The van der Waals surface area contributed by atoms with E-state index in [9.17, 15) is 9.18 Å². The Morgan fingerprint density at radius 1 is 1.25 bits per heavy atom. The normalized spacial score (nSPS) is 11.2. The molecule has 0 atom stereocenters. The summed E-state index contributed by atoms with van der Waals surface area (Å²) < 4.78 is 21.1. The molecule has 0 N–H and O–H groups in total. The van der Waals surface area contributed by atoms with E-state index >= 15 is 0 Å². The summed E-state index contributed by atoms with van der Waals surface area (Å²) in [6.45, 7) is 0.236. The molecule has 0 saturated carbocycles. The fourth-order valence-electron chi connectivity index (χ4n) is 2.01. The van der Waals surface area contributed by atoms with Crippen molar-refractivity contribution in [2.45, 2.75) is 6.54 Å². The summed E-state index contributed by atoms with van der Waals surface area (Å²) in [4.78, 5) is 11.9. The summed E-state index contributed by atoms with van der Waals surface area (Å²) in [7, 11) is 0. The molecular weight excluding hydrogens is 396 g/mol. The van der Waals surface area contributed by atoms with Gasteiger partial charge in [0.15, 0.2) is 5.58 Å². The second-order valence-corrected chi connectivity index (χ2v) is 5.97. The van der Waals surface area contributed by atoms with E-state index in [1.807, 2.05) is 12.1 Å². The van der Waals surface area contributed by atoms with Gasteiger partial charge in [-0.3, -0.25) is 4.57 Å². The van der Waals surface area contributed by atoms with Crippen LogP contribution in [-0.2, 0) is 6.54 Å². The van der Waals surface area contributed by atoms with E-state index < -0.39 is 11.6 Å². The Labute approximate surface area is 132 Å². The van der Waals surface area contributed by atoms with E-state index in [0.717, 1.165) is 3.57 Å². The zero-order chi connectivity index (χ0) is 14.3. The maximum atomic E-state index is 13.4. The minimum absolute atomic E-state index is 0.0627. The molecular formula is C14H8ClFINO2. The number of hydrogen-bond acceptors (Lipinski definition) is 2. The lowest BCUT2D eigenvalue weighted by Crippen LogP contribution is -2.15. The van der Waals surface area contributed by atoms with Gasteiger partial charge in [-0.15, -0.1) is 0 Å². The molecule has 0 aliphatic carbocycles. The van der Waals surface area contributed by atoms with Gasteiger partial charge in [0.2, 0.25) is 0 Å². The molecule has 0 spiro atoms. The molecule has 0 unspecified atom stereocenters. The molecule has 0 aliphatic heterocycles. The number of fused-ring (bicyclic) bond motifs is 1. The molecule has 1 heterocycles. The van der Waals surface area contributed by atoms with Crippen molar-refractivity contribution >= 4 is 45.3 Å². The van der Waals surface area contributed by atoms with Crippen LogP contribution in [0, 0.1) is 9.39 Å². The minimum Gasteiger partial charge on any atom is -0.408 e. The molecule has 0 aliphatic rings. The van der Waals surface area contributed by atoms with Crippen LogP contribution in [0.25, 0.3) is 11.1 Å². The van der Waals surface area contributed by atoms with E-state index in [1.165, 1.54) is 16.7 Å². The topological polar surface area (TPSA) is 35.1 Å². The third-order valence-corrected chi connectivity index (χ3v) is 3.93. The number of hydrogen-bond donors (Lipinski definition) is 0. The smallest absolute Gasteiger partial charge is 0.408 e. The molecule has 102 valence electrons. The van der Waals surface area contributed by atoms with Gasteiger partial charge >= 0.3 is 5.76 Å². The van der Waals surface area contributed by atoms with Crippen molar-refractivity contribution in [3.05, 3.63) is 66.9 Å². The highest BCUT2D eigenvalue weighted by molar-refractivity contribution is 14.1. The SMILES string of the molecule is O=c1oc2ccc(I)cc2n1Cc1ccc(Cl)c(F)c1. The average molecular weight is 404 g/mol. The summed E-state index contributed by atoms with van der Waals surface area (Å²) in [5.74, 6) is -0.961. The molecule has 1 aromatic heterocycles. The molecule has 0 bridgehead atoms. The van der Waals surface area contributed by atoms with Crippen molar-refractivity contribution in [1.82, 2.24) is 4.57 Å². The maximum absolute atomic E-state index is 13.4. The first-order valence-electron chi connectivity index (χ1n) is 5.77. The Bertz CT molecular complexity index is 856. The van der Waals surface area contributed by atoms with Crippen molar-refractivity contribution in [3.8, 4) is 0 Å². The van der Waals surface area contributed by atoms with Gasteiger partial charge in [-0.05, 0) is 58.5 Å². The van der Waals surface area contributed by atoms with Gasteiger partial charge in [0, 0.05) is 3.57 Å². The van der Waals surface area contributed by atoms with E-state index in [-0.39, 0.29) is 11.6 Å². The summed E-state index contributed by atoms with van der Waals surface area (Å²) in [5.41, 5.74) is 1.86. The fourth-order valence-corrected chi connectivity index (χ4v) is 2.60. The monoisotopic (exact) mass is 403 g/mol. The van der Waals surface area contributed by atoms with Crippen LogP contribution in [-0.4, -0.2) is 4.57 Å². The van der Waals surface area contributed by atoms with Gasteiger partial charge in [-0.2, -0.15) is 0 Å². The van der Waals surface area contributed by atoms with Crippen molar-refractivity contribution < 1.29 is 8.81 Å². The first-order chi connectivity index (χ1) is 9.54. The Hall–Kier alpha value is -1.34. The van der Waals surface area contributed by atoms with Crippen LogP contribution < -0.4 is 5.76 Å². The summed E-state index contributed by atoms with van der Waals surface area (Å²) in [5, 5.41) is 0.0627. The van der Waals surface area contributed by atoms with Gasteiger partial charge in [0.25, 0.3) is 0 Å². The number of halogens is 3.